The highest BCUT2D eigenvalue weighted by atomic mass is 35.5. The number of aryl methyl sites for hydroxylation is 1. The van der Waals surface area contributed by atoms with Crippen molar-refractivity contribution < 1.29 is 14.0 Å². The maximum absolute atomic E-state index is 13.1. The van der Waals surface area contributed by atoms with Crippen molar-refractivity contribution in [2.24, 2.45) is 0 Å². The molecule has 164 valence electrons. The first-order valence-electron chi connectivity index (χ1n) is 10.5. The summed E-state index contributed by atoms with van der Waals surface area (Å²) in [6, 6.07) is 11.7. The summed E-state index contributed by atoms with van der Waals surface area (Å²) in [6.45, 7) is 4.93. The molecule has 8 heteroatoms. The Labute approximate surface area is 186 Å². The molecular formula is C23H26ClFN4O2. The minimum absolute atomic E-state index is 0.0127. The van der Waals surface area contributed by atoms with Gasteiger partial charge in [0.2, 0.25) is 0 Å². The second-order valence-electron chi connectivity index (χ2n) is 8.16. The molecule has 0 radical (unpaired) electrons. The number of likely N-dealkylation sites (tertiary alicyclic amines) is 1. The number of piperidine rings is 1. The highest BCUT2D eigenvalue weighted by molar-refractivity contribution is 6.33. The van der Waals surface area contributed by atoms with Crippen LogP contribution in [-0.2, 0) is 6.54 Å². The standard InChI is InChI=1S/C23H26ClFN4O2/c1-16-2-7-21(20(24)14-16)26-22(30)27-10-8-19(9-11-27)29-13-12-28(23(29)31)15-17-3-5-18(25)6-4-17/h2-7,14,19H,8-13,15H2,1H3,(H,26,30). The minimum atomic E-state index is -0.279. The fraction of sp³-hybridized carbons (Fsp3) is 0.391. The number of anilines is 1. The van der Waals surface area contributed by atoms with Gasteiger partial charge in [0.05, 0.1) is 10.7 Å². The molecule has 6 nitrogen and oxygen atoms in total. The molecule has 2 aromatic rings. The fourth-order valence-corrected chi connectivity index (χ4v) is 4.48. The van der Waals surface area contributed by atoms with Crippen LogP contribution in [0.3, 0.4) is 0 Å². The third-order valence-corrected chi connectivity index (χ3v) is 6.29. The molecule has 0 aromatic heterocycles. The molecule has 1 N–H and O–H groups in total. The second-order valence-corrected chi connectivity index (χ2v) is 8.56. The molecule has 2 fully saturated rings. The summed E-state index contributed by atoms with van der Waals surface area (Å²) in [5.41, 5.74) is 2.55. The number of hydrogen-bond donors (Lipinski definition) is 1. The summed E-state index contributed by atoms with van der Waals surface area (Å²) < 4.78 is 13.1. The van der Waals surface area contributed by atoms with E-state index in [0.717, 1.165) is 24.0 Å². The van der Waals surface area contributed by atoms with Gasteiger partial charge in [0.15, 0.2) is 0 Å². The third-order valence-electron chi connectivity index (χ3n) is 5.97. The molecule has 2 aromatic carbocycles. The Morgan fingerprint density at radius 2 is 1.81 bits per heavy atom. The van der Waals surface area contributed by atoms with Gasteiger partial charge in [0.1, 0.15) is 5.82 Å². The van der Waals surface area contributed by atoms with Crippen LogP contribution in [0.15, 0.2) is 42.5 Å². The number of urea groups is 2. The Bertz CT molecular complexity index is 961. The normalized spacial score (nSPS) is 17.4. The SMILES string of the molecule is Cc1ccc(NC(=O)N2CCC(N3CCN(Cc4ccc(F)cc4)C3=O)CC2)c(Cl)c1. The van der Waals surface area contributed by atoms with Crippen LogP contribution in [0.5, 0.6) is 0 Å². The first kappa shape index (κ1) is 21.4. The number of carbonyl (C=O) groups is 2. The molecule has 2 saturated heterocycles. The van der Waals surface area contributed by atoms with E-state index in [4.69, 9.17) is 11.6 Å². The fourth-order valence-electron chi connectivity index (χ4n) is 4.19. The molecule has 2 heterocycles. The monoisotopic (exact) mass is 444 g/mol. The molecule has 2 aliphatic heterocycles. The van der Waals surface area contributed by atoms with Gasteiger partial charge in [-0.2, -0.15) is 0 Å². The maximum atomic E-state index is 13.1. The van der Waals surface area contributed by atoms with Crippen LogP contribution in [0.4, 0.5) is 19.7 Å². The Morgan fingerprint density at radius 1 is 1.10 bits per heavy atom. The molecule has 4 amide bonds. The number of nitrogens with one attached hydrogen (secondary N) is 1. The van der Waals surface area contributed by atoms with E-state index in [9.17, 15) is 14.0 Å². The van der Waals surface area contributed by atoms with E-state index in [1.165, 1.54) is 12.1 Å². The lowest BCUT2D eigenvalue weighted by atomic mass is 10.0. The summed E-state index contributed by atoms with van der Waals surface area (Å²) in [4.78, 5) is 31.0. The number of carbonyl (C=O) groups excluding carboxylic acids is 2. The molecular weight excluding hydrogens is 419 g/mol. The largest absolute Gasteiger partial charge is 0.324 e. The Balaban J connectivity index is 1.29. The summed E-state index contributed by atoms with van der Waals surface area (Å²) in [7, 11) is 0. The molecule has 2 aliphatic rings. The van der Waals surface area contributed by atoms with Gasteiger partial charge in [0, 0.05) is 38.8 Å². The van der Waals surface area contributed by atoms with Crippen LogP contribution in [0.25, 0.3) is 0 Å². The van der Waals surface area contributed by atoms with Crippen LogP contribution < -0.4 is 5.32 Å². The van der Waals surface area contributed by atoms with Crippen molar-refractivity contribution >= 4 is 29.4 Å². The first-order chi connectivity index (χ1) is 14.9. The van der Waals surface area contributed by atoms with Crippen LogP contribution in [-0.4, -0.2) is 59.0 Å². The van der Waals surface area contributed by atoms with E-state index in [1.54, 1.807) is 28.0 Å². The molecule has 0 aliphatic carbocycles. The predicted molar refractivity (Wildman–Crippen MR) is 119 cm³/mol. The van der Waals surface area contributed by atoms with Gasteiger partial charge in [-0.3, -0.25) is 0 Å². The third kappa shape index (κ3) is 4.93. The van der Waals surface area contributed by atoms with Crippen molar-refractivity contribution in [2.45, 2.75) is 32.4 Å². The summed E-state index contributed by atoms with van der Waals surface area (Å²) in [5.74, 6) is -0.279. The molecule has 0 saturated carbocycles. The summed E-state index contributed by atoms with van der Waals surface area (Å²) >= 11 is 6.22. The molecule has 4 rings (SSSR count). The summed E-state index contributed by atoms with van der Waals surface area (Å²) in [6.07, 6.45) is 1.48. The van der Waals surface area contributed by atoms with E-state index in [-0.39, 0.29) is 23.9 Å². The maximum Gasteiger partial charge on any atom is 0.321 e. The number of halogens is 2. The van der Waals surface area contributed by atoms with Crippen LogP contribution in [0, 0.1) is 12.7 Å². The molecule has 31 heavy (non-hydrogen) atoms. The number of nitrogens with zero attached hydrogens (tertiary/aromatic N) is 3. The van der Waals surface area contributed by atoms with E-state index in [0.29, 0.717) is 43.4 Å². The van der Waals surface area contributed by atoms with Gasteiger partial charge in [-0.1, -0.05) is 29.8 Å². The average molecular weight is 445 g/mol. The van der Waals surface area contributed by atoms with Crippen molar-refractivity contribution in [1.82, 2.24) is 14.7 Å². The smallest absolute Gasteiger partial charge is 0.321 e. The van der Waals surface area contributed by atoms with Gasteiger partial charge in [-0.25, -0.2) is 14.0 Å². The second kappa shape index (κ2) is 9.14. The number of hydrogen-bond acceptors (Lipinski definition) is 2. The lowest BCUT2D eigenvalue weighted by molar-refractivity contribution is 0.139. The Kier molecular flexibility index (Phi) is 6.32. The van der Waals surface area contributed by atoms with Crippen molar-refractivity contribution in [2.75, 3.05) is 31.5 Å². The van der Waals surface area contributed by atoms with E-state index < -0.39 is 0 Å². The lowest BCUT2D eigenvalue weighted by Crippen LogP contribution is -2.49. The number of benzene rings is 2. The Morgan fingerprint density at radius 3 is 2.48 bits per heavy atom. The van der Waals surface area contributed by atoms with Crippen LogP contribution in [0.1, 0.15) is 24.0 Å². The van der Waals surface area contributed by atoms with Crippen molar-refractivity contribution in [3.63, 3.8) is 0 Å². The molecule has 0 spiro atoms. The highest BCUT2D eigenvalue weighted by Gasteiger charge is 2.36. The van der Waals surface area contributed by atoms with E-state index in [1.807, 2.05) is 24.0 Å². The zero-order chi connectivity index (χ0) is 22.0. The topological polar surface area (TPSA) is 55.9 Å². The van der Waals surface area contributed by atoms with Gasteiger partial charge in [0.25, 0.3) is 0 Å². The van der Waals surface area contributed by atoms with Gasteiger partial charge in [-0.15, -0.1) is 0 Å². The van der Waals surface area contributed by atoms with E-state index >= 15 is 0 Å². The average Bonchev–Trinajstić information content (AvgIpc) is 3.12. The first-order valence-corrected chi connectivity index (χ1v) is 10.9. The summed E-state index contributed by atoms with van der Waals surface area (Å²) in [5, 5.41) is 3.40. The van der Waals surface area contributed by atoms with Crippen molar-refractivity contribution in [3.8, 4) is 0 Å². The van der Waals surface area contributed by atoms with Gasteiger partial charge in [-0.05, 0) is 55.2 Å². The lowest BCUT2D eigenvalue weighted by Gasteiger charge is -2.36. The molecule has 0 bridgehead atoms. The highest BCUT2D eigenvalue weighted by Crippen LogP contribution is 2.25. The van der Waals surface area contributed by atoms with Gasteiger partial charge >= 0.3 is 12.1 Å². The quantitative estimate of drug-likeness (QED) is 0.741. The molecule has 0 atom stereocenters. The zero-order valence-corrected chi connectivity index (χ0v) is 18.2. The van der Waals surface area contributed by atoms with E-state index in [2.05, 4.69) is 5.32 Å². The van der Waals surface area contributed by atoms with Gasteiger partial charge < -0.3 is 20.0 Å². The van der Waals surface area contributed by atoms with Crippen LogP contribution in [0.2, 0.25) is 5.02 Å². The van der Waals surface area contributed by atoms with Crippen LogP contribution >= 0.6 is 11.6 Å². The number of amides is 4. The predicted octanol–water partition coefficient (Wildman–Crippen LogP) is 4.72. The van der Waals surface area contributed by atoms with Crippen molar-refractivity contribution in [3.05, 3.63) is 64.4 Å². The zero-order valence-electron chi connectivity index (χ0n) is 17.5. The number of rotatable bonds is 4. The minimum Gasteiger partial charge on any atom is -0.324 e. The molecule has 0 unspecified atom stereocenters. The van der Waals surface area contributed by atoms with Crippen molar-refractivity contribution in [1.29, 1.82) is 0 Å². The Hall–Kier alpha value is -2.80.